The van der Waals surface area contributed by atoms with E-state index in [4.69, 9.17) is 10.5 Å². The van der Waals surface area contributed by atoms with Crippen LogP contribution in [0.4, 0.5) is 10.1 Å². The fourth-order valence-corrected chi connectivity index (χ4v) is 1.91. The third-order valence-electron chi connectivity index (χ3n) is 3.14. The predicted molar refractivity (Wildman–Crippen MR) is 68.7 cm³/mol. The molecule has 1 aliphatic heterocycles. The summed E-state index contributed by atoms with van der Waals surface area (Å²) in [6, 6.07) is 3.42. The molecule has 1 atom stereocenters. The normalized spacial score (nSPS) is 21.6. The van der Waals surface area contributed by atoms with Crippen LogP contribution in [-0.2, 0) is 14.3 Å². The Morgan fingerprint density at radius 1 is 1.50 bits per heavy atom. The number of hydrogen-bond donors (Lipinski definition) is 2. The minimum Gasteiger partial charge on any atom is -0.465 e. The lowest BCUT2D eigenvalue weighted by molar-refractivity contribution is -0.121. The Morgan fingerprint density at radius 3 is 2.85 bits per heavy atom. The van der Waals surface area contributed by atoms with Gasteiger partial charge in [0.1, 0.15) is 11.4 Å². The number of methoxy groups -OCH3 is 1. The highest BCUT2D eigenvalue weighted by molar-refractivity contribution is 6.04. The number of carbonyl (C=O) groups excluding carboxylic acids is 2. The second-order valence-corrected chi connectivity index (χ2v) is 4.59. The summed E-state index contributed by atoms with van der Waals surface area (Å²) in [5.41, 5.74) is 4.86. The summed E-state index contributed by atoms with van der Waals surface area (Å²) in [7, 11) is 1.17. The zero-order valence-electron chi connectivity index (χ0n) is 10.9. The Labute approximate surface area is 115 Å². The Kier molecular flexibility index (Phi) is 4.01. The summed E-state index contributed by atoms with van der Waals surface area (Å²) in [6.07, 6.45) is 0.383. The number of carbonyl (C=O) groups is 2. The minimum atomic E-state index is -1.14. The first kappa shape index (κ1) is 14.4. The number of halogens is 1. The van der Waals surface area contributed by atoms with E-state index < -0.39 is 23.2 Å². The average Bonchev–Trinajstić information content (AvgIpc) is 2.88. The number of nitrogens with one attached hydrogen (secondary N) is 1. The number of anilines is 1. The highest BCUT2D eigenvalue weighted by Crippen LogP contribution is 2.22. The van der Waals surface area contributed by atoms with Crippen LogP contribution in [-0.4, -0.2) is 37.7 Å². The Bertz CT molecular complexity index is 541. The average molecular weight is 282 g/mol. The fourth-order valence-electron chi connectivity index (χ4n) is 1.91. The molecule has 1 fully saturated rings. The van der Waals surface area contributed by atoms with Gasteiger partial charge in [0.15, 0.2) is 0 Å². The molecule has 1 aliphatic rings. The van der Waals surface area contributed by atoms with Gasteiger partial charge in [0, 0.05) is 6.61 Å². The van der Waals surface area contributed by atoms with Crippen LogP contribution >= 0.6 is 0 Å². The van der Waals surface area contributed by atoms with Crippen LogP contribution in [0.5, 0.6) is 0 Å². The largest absolute Gasteiger partial charge is 0.465 e. The van der Waals surface area contributed by atoms with Crippen LogP contribution in [0, 0.1) is 5.82 Å². The molecule has 0 aromatic heterocycles. The van der Waals surface area contributed by atoms with Gasteiger partial charge < -0.3 is 20.5 Å². The van der Waals surface area contributed by atoms with E-state index in [1.165, 1.54) is 13.2 Å². The summed E-state index contributed by atoms with van der Waals surface area (Å²) >= 11 is 0. The van der Waals surface area contributed by atoms with Crippen molar-refractivity contribution in [1.82, 2.24) is 0 Å². The summed E-state index contributed by atoms with van der Waals surface area (Å²) in [5, 5.41) is 2.52. The van der Waals surface area contributed by atoms with E-state index in [-0.39, 0.29) is 17.9 Å². The third-order valence-corrected chi connectivity index (χ3v) is 3.14. The van der Waals surface area contributed by atoms with E-state index in [0.717, 1.165) is 12.1 Å². The summed E-state index contributed by atoms with van der Waals surface area (Å²) in [6.45, 7) is 0.505. The van der Waals surface area contributed by atoms with Crippen LogP contribution in [0.3, 0.4) is 0 Å². The number of nitrogens with two attached hydrogens (primary N) is 1. The lowest BCUT2D eigenvalue weighted by atomic mass is 9.99. The minimum absolute atomic E-state index is 0.0663. The lowest BCUT2D eigenvalue weighted by Crippen LogP contribution is -2.51. The molecular formula is C13H15FN2O4. The molecule has 1 aromatic carbocycles. The second-order valence-electron chi connectivity index (χ2n) is 4.59. The third kappa shape index (κ3) is 2.78. The number of ether oxygens (including phenoxy) is 2. The maximum Gasteiger partial charge on any atom is 0.340 e. The maximum atomic E-state index is 13.2. The Balaban J connectivity index is 2.25. The Morgan fingerprint density at radius 2 is 2.25 bits per heavy atom. The van der Waals surface area contributed by atoms with E-state index in [1.54, 1.807) is 0 Å². The van der Waals surface area contributed by atoms with E-state index in [0.29, 0.717) is 13.0 Å². The van der Waals surface area contributed by atoms with Crippen LogP contribution in [0.2, 0.25) is 0 Å². The molecule has 0 saturated carbocycles. The zero-order chi connectivity index (χ0) is 14.8. The fraction of sp³-hybridized carbons (Fsp3) is 0.385. The van der Waals surface area contributed by atoms with Crippen molar-refractivity contribution in [2.24, 2.45) is 5.73 Å². The van der Waals surface area contributed by atoms with Crippen molar-refractivity contribution < 1.29 is 23.5 Å². The molecule has 2 rings (SSSR count). The van der Waals surface area contributed by atoms with Crippen molar-refractivity contribution in [3.63, 3.8) is 0 Å². The van der Waals surface area contributed by atoms with Gasteiger partial charge in [-0.1, -0.05) is 0 Å². The van der Waals surface area contributed by atoms with Crippen molar-refractivity contribution in [1.29, 1.82) is 0 Å². The van der Waals surface area contributed by atoms with E-state index >= 15 is 0 Å². The number of hydrogen-bond acceptors (Lipinski definition) is 5. The SMILES string of the molecule is COC(=O)c1cc(F)ccc1NC(=O)C1(N)CCOC1. The van der Waals surface area contributed by atoms with Crippen molar-refractivity contribution in [3.8, 4) is 0 Å². The zero-order valence-corrected chi connectivity index (χ0v) is 10.9. The first-order chi connectivity index (χ1) is 9.46. The highest BCUT2D eigenvalue weighted by Gasteiger charge is 2.38. The highest BCUT2D eigenvalue weighted by atomic mass is 19.1. The molecule has 0 bridgehead atoms. The molecule has 1 aromatic rings. The molecule has 0 radical (unpaired) electrons. The molecule has 0 aliphatic carbocycles. The first-order valence-corrected chi connectivity index (χ1v) is 6.02. The molecular weight excluding hydrogens is 267 g/mol. The van der Waals surface area contributed by atoms with Gasteiger partial charge in [-0.05, 0) is 24.6 Å². The van der Waals surface area contributed by atoms with Crippen molar-refractivity contribution in [3.05, 3.63) is 29.6 Å². The topological polar surface area (TPSA) is 90.7 Å². The number of rotatable bonds is 3. The molecule has 6 nitrogen and oxygen atoms in total. The Hall–Kier alpha value is -1.99. The predicted octanol–water partition coefficient (Wildman–Crippen LogP) is 0.669. The van der Waals surface area contributed by atoms with Crippen LogP contribution < -0.4 is 11.1 Å². The molecule has 1 saturated heterocycles. The van der Waals surface area contributed by atoms with Crippen LogP contribution in [0.1, 0.15) is 16.8 Å². The van der Waals surface area contributed by atoms with Crippen molar-refractivity contribution in [2.45, 2.75) is 12.0 Å². The van der Waals surface area contributed by atoms with Gasteiger partial charge in [-0.25, -0.2) is 9.18 Å². The van der Waals surface area contributed by atoms with Gasteiger partial charge in [-0.15, -0.1) is 0 Å². The van der Waals surface area contributed by atoms with E-state index in [2.05, 4.69) is 10.1 Å². The van der Waals surface area contributed by atoms with Gasteiger partial charge >= 0.3 is 5.97 Å². The molecule has 3 N–H and O–H groups in total. The van der Waals surface area contributed by atoms with E-state index in [1.807, 2.05) is 0 Å². The molecule has 7 heteroatoms. The van der Waals surface area contributed by atoms with Gasteiger partial charge in [0.2, 0.25) is 5.91 Å². The van der Waals surface area contributed by atoms with Gasteiger partial charge in [-0.3, -0.25) is 4.79 Å². The molecule has 0 spiro atoms. The molecule has 1 amide bonds. The smallest absolute Gasteiger partial charge is 0.340 e. The number of esters is 1. The second kappa shape index (κ2) is 5.56. The number of amides is 1. The summed E-state index contributed by atoms with van der Waals surface area (Å²) in [5.74, 6) is -1.82. The lowest BCUT2D eigenvalue weighted by Gasteiger charge is -2.21. The molecule has 108 valence electrons. The van der Waals surface area contributed by atoms with Gasteiger partial charge in [0.05, 0.1) is 25.0 Å². The summed E-state index contributed by atoms with van der Waals surface area (Å²) in [4.78, 5) is 23.7. The van der Waals surface area contributed by atoms with Crippen molar-refractivity contribution in [2.75, 3.05) is 25.6 Å². The quantitative estimate of drug-likeness (QED) is 0.795. The molecule has 1 unspecified atom stereocenters. The van der Waals surface area contributed by atoms with Crippen LogP contribution in [0.15, 0.2) is 18.2 Å². The van der Waals surface area contributed by atoms with Gasteiger partial charge in [0.25, 0.3) is 0 Å². The van der Waals surface area contributed by atoms with E-state index in [9.17, 15) is 14.0 Å². The summed E-state index contributed by atoms with van der Waals surface area (Å²) < 4.78 is 22.8. The number of benzene rings is 1. The first-order valence-electron chi connectivity index (χ1n) is 6.02. The molecule has 1 heterocycles. The monoisotopic (exact) mass is 282 g/mol. The standard InChI is InChI=1S/C13H15FN2O4/c1-19-11(17)9-6-8(14)2-3-10(9)16-12(18)13(15)4-5-20-7-13/h2-3,6H,4-5,7,15H2,1H3,(H,16,18). The van der Waals surface area contributed by atoms with Crippen molar-refractivity contribution >= 4 is 17.6 Å². The maximum absolute atomic E-state index is 13.2. The van der Waals surface area contributed by atoms with Gasteiger partial charge in [-0.2, -0.15) is 0 Å². The molecule has 20 heavy (non-hydrogen) atoms. The van der Waals surface area contributed by atoms with Crippen LogP contribution in [0.25, 0.3) is 0 Å².